The first-order valence-corrected chi connectivity index (χ1v) is 5.28. The molecule has 0 aliphatic carbocycles. The van der Waals surface area contributed by atoms with E-state index in [2.05, 4.69) is 51.1 Å². The quantitative estimate of drug-likeness (QED) is 0.822. The number of rotatable bonds is 3. The van der Waals surface area contributed by atoms with E-state index in [1.165, 1.54) is 5.56 Å². The highest BCUT2D eigenvalue weighted by molar-refractivity contribution is 5.85. The van der Waals surface area contributed by atoms with Crippen LogP contribution >= 0.6 is 12.4 Å². The molecule has 2 nitrogen and oxygen atoms in total. The van der Waals surface area contributed by atoms with Crippen LogP contribution in [0.3, 0.4) is 0 Å². The molecule has 0 radical (unpaired) electrons. The second-order valence-electron chi connectivity index (χ2n) is 4.83. The fraction of sp³-hybridized carbons (Fsp3) is 0.538. The molecule has 1 heterocycles. The van der Waals surface area contributed by atoms with Crippen molar-refractivity contribution in [2.45, 2.75) is 44.8 Å². The van der Waals surface area contributed by atoms with Crippen LogP contribution in [0, 0.1) is 0 Å². The minimum absolute atomic E-state index is 0. The molecule has 1 aliphatic heterocycles. The molecule has 0 spiro atoms. The molecule has 1 fully saturated rings. The normalized spacial score (nSPS) is 25.2. The van der Waals surface area contributed by atoms with Crippen LogP contribution in [0.25, 0.3) is 0 Å². The van der Waals surface area contributed by atoms with Gasteiger partial charge >= 0.3 is 0 Å². The van der Waals surface area contributed by atoms with Crippen LogP contribution in [0.4, 0.5) is 0 Å². The van der Waals surface area contributed by atoms with Crippen molar-refractivity contribution in [1.82, 2.24) is 6.15 Å². The van der Waals surface area contributed by atoms with Crippen LogP contribution in [-0.4, -0.2) is 11.2 Å². The third-order valence-electron chi connectivity index (χ3n) is 3.45. The maximum Gasteiger partial charge on any atom is 0.0949 e. The van der Waals surface area contributed by atoms with E-state index in [4.69, 9.17) is 4.74 Å². The molecule has 3 heteroatoms. The molecule has 1 unspecified atom stereocenters. The molecule has 3 N–H and O–H groups in total. The van der Waals surface area contributed by atoms with Crippen molar-refractivity contribution in [3.05, 3.63) is 35.9 Å². The van der Waals surface area contributed by atoms with Gasteiger partial charge in [-0.25, -0.2) is 0 Å². The summed E-state index contributed by atoms with van der Waals surface area (Å²) in [6, 6.07) is 10.6. The molecule has 2 rings (SSSR count). The van der Waals surface area contributed by atoms with Crippen LogP contribution in [0.2, 0.25) is 0 Å². The Morgan fingerprint density at radius 3 is 2.00 bits per heavy atom. The Morgan fingerprint density at radius 2 is 1.56 bits per heavy atom. The van der Waals surface area contributed by atoms with Gasteiger partial charge in [-0.05, 0) is 39.2 Å². The zero-order valence-corrected chi connectivity index (χ0v) is 11.1. The molecule has 1 atom stereocenters. The summed E-state index contributed by atoms with van der Waals surface area (Å²) in [5, 5.41) is 0. The standard InChI is InChI=1S/C13H18O.ClH.H3N/c1-12(2)13(3,14-12)10-9-11-7-5-4-6-8-11;;/h4-8H,9-10H2,1-3H3;1H;1H3. The van der Waals surface area contributed by atoms with E-state index in [-0.39, 0.29) is 29.8 Å². The number of aryl methyl sites for hydroxylation is 1. The van der Waals surface area contributed by atoms with Gasteiger partial charge in [-0.1, -0.05) is 30.3 Å². The smallest absolute Gasteiger partial charge is 0.0949 e. The molecular weight excluding hydrogens is 222 g/mol. The second-order valence-corrected chi connectivity index (χ2v) is 4.83. The Balaban J connectivity index is 0.00000112. The van der Waals surface area contributed by atoms with Gasteiger partial charge in [0.05, 0.1) is 11.2 Å². The summed E-state index contributed by atoms with van der Waals surface area (Å²) in [4.78, 5) is 0. The highest BCUT2D eigenvalue weighted by Crippen LogP contribution is 2.49. The van der Waals surface area contributed by atoms with Crippen LogP contribution in [0.1, 0.15) is 32.8 Å². The lowest BCUT2D eigenvalue weighted by molar-refractivity contribution is 0.277. The lowest BCUT2D eigenvalue weighted by Crippen LogP contribution is -2.17. The summed E-state index contributed by atoms with van der Waals surface area (Å²) in [6.07, 6.45) is 2.23. The average molecular weight is 244 g/mol. The van der Waals surface area contributed by atoms with Gasteiger partial charge in [0.2, 0.25) is 0 Å². The Labute approximate surface area is 104 Å². The summed E-state index contributed by atoms with van der Waals surface area (Å²) in [6.45, 7) is 6.53. The van der Waals surface area contributed by atoms with E-state index in [9.17, 15) is 0 Å². The van der Waals surface area contributed by atoms with E-state index in [1.807, 2.05) is 0 Å². The predicted molar refractivity (Wildman–Crippen MR) is 70.6 cm³/mol. The average Bonchev–Trinajstić information content (AvgIpc) is 2.65. The fourth-order valence-corrected chi connectivity index (χ4v) is 1.92. The van der Waals surface area contributed by atoms with E-state index >= 15 is 0 Å². The number of hydrogen-bond donors (Lipinski definition) is 1. The number of halogens is 1. The Hall–Kier alpha value is -0.570. The lowest BCUT2D eigenvalue weighted by atomic mass is 9.91. The van der Waals surface area contributed by atoms with Crippen molar-refractivity contribution >= 4 is 12.4 Å². The Kier molecular flexibility index (Phi) is 4.99. The summed E-state index contributed by atoms with van der Waals surface area (Å²) < 4.78 is 5.71. The van der Waals surface area contributed by atoms with Crippen molar-refractivity contribution in [2.75, 3.05) is 0 Å². The Morgan fingerprint density at radius 1 is 1.06 bits per heavy atom. The van der Waals surface area contributed by atoms with Gasteiger partial charge < -0.3 is 10.9 Å². The first-order valence-electron chi connectivity index (χ1n) is 5.28. The van der Waals surface area contributed by atoms with E-state index in [0.29, 0.717) is 0 Å². The van der Waals surface area contributed by atoms with Crippen LogP contribution in [0.15, 0.2) is 30.3 Å². The molecule has 0 saturated carbocycles. The largest absolute Gasteiger partial charge is 0.363 e. The van der Waals surface area contributed by atoms with Crippen molar-refractivity contribution in [3.8, 4) is 0 Å². The number of epoxide rings is 1. The van der Waals surface area contributed by atoms with Gasteiger partial charge in [-0.3, -0.25) is 0 Å². The Bertz CT molecular complexity index is 326. The monoisotopic (exact) mass is 243 g/mol. The summed E-state index contributed by atoms with van der Waals surface area (Å²) in [5.74, 6) is 0. The van der Waals surface area contributed by atoms with E-state index in [0.717, 1.165) is 12.8 Å². The van der Waals surface area contributed by atoms with Gasteiger partial charge in [0, 0.05) is 0 Å². The van der Waals surface area contributed by atoms with Crippen molar-refractivity contribution < 1.29 is 4.74 Å². The zero-order chi connectivity index (χ0) is 10.2. The number of benzene rings is 1. The van der Waals surface area contributed by atoms with Crippen molar-refractivity contribution in [3.63, 3.8) is 0 Å². The van der Waals surface area contributed by atoms with Gasteiger partial charge in [0.15, 0.2) is 0 Å². The summed E-state index contributed by atoms with van der Waals surface area (Å²) >= 11 is 0. The molecule has 0 amide bonds. The van der Waals surface area contributed by atoms with Gasteiger partial charge in [0.1, 0.15) is 0 Å². The van der Waals surface area contributed by atoms with Crippen LogP contribution in [0.5, 0.6) is 0 Å². The van der Waals surface area contributed by atoms with Crippen molar-refractivity contribution in [1.29, 1.82) is 0 Å². The van der Waals surface area contributed by atoms with Gasteiger partial charge in [-0.2, -0.15) is 0 Å². The number of ether oxygens (including phenoxy) is 1. The molecule has 16 heavy (non-hydrogen) atoms. The minimum atomic E-state index is 0. The predicted octanol–water partition coefficient (Wildman–Crippen LogP) is 3.77. The zero-order valence-electron chi connectivity index (χ0n) is 10.3. The molecule has 1 saturated heterocycles. The third kappa shape index (κ3) is 2.97. The molecule has 92 valence electrons. The molecule has 1 aromatic rings. The maximum atomic E-state index is 5.71. The first-order chi connectivity index (χ1) is 6.54. The highest BCUT2D eigenvalue weighted by atomic mass is 35.5. The molecule has 1 aliphatic rings. The topological polar surface area (TPSA) is 47.5 Å². The van der Waals surface area contributed by atoms with Crippen LogP contribution in [-0.2, 0) is 11.2 Å². The summed E-state index contributed by atoms with van der Waals surface area (Å²) in [5.41, 5.74) is 1.59. The maximum absolute atomic E-state index is 5.71. The van der Waals surface area contributed by atoms with Gasteiger partial charge in [0.25, 0.3) is 0 Å². The molecular formula is C13H22ClNO. The second kappa shape index (κ2) is 5.17. The third-order valence-corrected chi connectivity index (χ3v) is 3.45. The van der Waals surface area contributed by atoms with E-state index in [1.54, 1.807) is 0 Å². The summed E-state index contributed by atoms with van der Waals surface area (Å²) in [7, 11) is 0. The first kappa shape index (κ1) is 15.4. The molecule has 1 aromatic carbocycles. The highest BCUT2D eigenvalue weighted by Gasteiger charge is 2.59. The van der Waals surface area contributed by atoms with Crippen molar-refractivity contribution in [2.24, 2.45) is 0 Å². The lowest BCUT2D eigenvalue weighted by Gasteiger charge is -2.08. The number of hydrogen-bond acceptors (Lipinski definition) is 2. The SMILES string of the molecule is CC1(C)OC1(C)CCc1ccccc1.Cl.N. The van der Waals surface area contributed by atoms with Gasteiger partial charge in [-0.15, -0.1) is 12.4 Å². The fourth-order valence-electron chi connectivity index (χ4n) is 1.92. The minimum Gasteiger partial charge on any atom is -0.363 e. The molecule has 0 aromatic heterocycles. The molecule has 0 bridgehead atoms. The van der Waals surface area contributed by atoms with E-state index < -0.39 is 0 Å². The van der Waals surface area contributed by atoms with Crippen LogP contribution < -0.4 is 6.15 Å².